The molecule has 2 aromatic heterocycles. The second-order valence-corrected chi connectivity index (χ2v) is 11.8. The summed E-state index contributed by atoms with van der Waals surface area (Å²) in [5.41, 5.74) is 4.13. The van der Waals surface area contributed by atoms with Gasteiger partial charge in [0.15, 0.2) is 11.4 Å². The number of nitrogens with one attached hydrogen (secondary N) is 1. The van der Waals surface area contributed by atoms with Crippen LogP contribution >= 0.6 is 0 Å². The van der Waals surface area contributed by atoms with Crippen molar-refractivity contribution in [1.29, 1.82) is 0 Å². The number of aryl methyl sites for hydroxylation is 1. The van der Waals surface area contributed by atoms with Crippen LogP contribution in [0, 0.1) is 6.92 Å². The zero-order valence-electron chi connectivity index (χ0n) is 26.1. The van der Waals surface area contributed by atoms with Crippen molar-refractivity contribution < 1.29 is 28.5 Å². The summed E-state index contributed by atoms with van der Waals surface area (Å²) in [4.78, 5) is 24.1. The monoisotopic (exact) mass is 580 g/mol. The number of methoxy groups -OCH3 is 2. The minimum Gasteiger partial charge on any atom is -0.479 e. The Morgan fingerprint density at radius 2 is 1.60 bits per heavy atom. The van der Waals surface area contributed by atoms with E-state index in [-0.39, 0.29) is 41.0 Å². The van der Waals surface area contributed by atoms with E-state index < -0.39 is 5.91 Å². The molecule has 0 saturated carbocycles. The van der Waals surface area contributed by atoms with Crippen LogP contribution in [0.2, 0.25) is 0 Å². The third-order valence-electron chi connectivity index (χ3n) is 7.73. The van der Waals surface area contributed by atoms with Crippen LogP contribution in [-0.4, -0.2) is 55.4 Å². The van der Waals surface area contributed by atoms with E-state index in [1.165, 1.54) is 25.3 Å². The largest absolute Gasteiger partial charge is 0.479 e. The standard InChI is InChI=1S/C32H44N4O6/c1-20-17-23-24(32(4,5)42-31(23,2)3)19-21(20)18-22-13-14-25(41-22)27(38)33-26-28(39-7)34-30(35-29(26)40-8)36(6)15-11-9-10-12-16-37/h13-14,17,19,37H,9-12,15-16,18H2,1-8H3,(H,33,38). The Morgan fingerprint density at radius 1 is 0.976 bits per heavy atom. The first-order valence-corrected chi connectivity index (χ1v) is 14.5. The lowest BCUT2D eigenvalue weighted by Gasteiger charge is -2.24. The number of carbonyl (C=O) groups excluding carboxylic acids is 1. The highest BCUT2D eigenvalue weighted by molar-refractivity contribution is 6.03. The van der Waals surface area contributed by atoms with Crippen LogP contribution in [0.3, 0.4) is 0 Å². The van der Waals surface area contributed by atoms with Gasteiger partial charge in [0.2, 0.25) is 17.7 Å². The predicted octanol–water partition coefficient (Wildman–Crippen LogP) is 5.73. The molecular weight excluding hydrogens is 536 g/mol. The number of hydrogen-bond acceptors (Lipinski definition) is 9. The number of carbonyl (C=O) groups is 1. The van der Waals surface area contributed by atoms with Crippen molar-refractivity contribution >= 4 is 17.5 Å². The topological polar surface area (TPSA) is 119 Å². The van der Waals surface area contributed by atoms with Crippen molar-refractivity contribution in [3.05, 3.63) is 58.0 Å². The molecule has 1 aromatic carbocycles. The van der Waals surface area contributed by atoms with Gasteiger partial charge in [-0.15, -0.1) is 0 Å². The molecule has 42 heavy (non-hydrogen) atoms. The Balaban J connectivity index is 1.49. The van der Waals surface area contributed by atoms with Crippen LogP contribution in [-0.2, 0) is 22.4 Å². The van der Waals surface area contributed by atoms with Crippen molar-refractivity contribution in [2.45, 2.75) is 77.9 Å². The number of amides is 1. The minimum atomic E-state index is -0.464. The molecule has 228 valence electrons. The van der Waals surface area contributed by atoms with E-state index in [0.717, 1.165) is 43.4 Å². The number of aromatic nitrogens is 2. The maximum absolute atomic E-state index is 13.2. The quantitative estimate of drug-likeness (QED) is 0.244. The highest BCUT2D eigenvalue weighted by Gasteiger charge is 2.43. The lowest BCUT2D eigenvalue weighted by molar-refractivity contribution is -0.105. The second kappa shape index (κ2) is 12.7. The third-order valence-corrected chi connectivity index (χ3v) is 7.73. The fourth-order valence-electron chi connectivity index (χ4n) is 5.54. The van der Waals surface area contributed by atoms with Gasteiger partial charge in [0, 0.05) is 26.6 Å². The van der Waals surface area contributed by atoms with E-state index in [4.69, 9.17) is 23.7 Å². The number of anilines is 2. The van der Waals surface area contributed by atoms with Gasteiger partial charge in [-0.05, 0) is 81.8 Å². The summed E-state index contributed by atoms with van der Waals surface area (Å²) in [6, 6.07) is 7.87. The summed E-state index contributed by atoms with van der Waals surface area (Å²) in [7, 11) is 4.85. The number of hydrogen-bond donors (Lipinski definition) is 2. The molecule has 1 aliphatic heterocycles. The maximum Gasteiger partial charge on any atom is 0.291 e. The van der Waals surface area contributed by atoms with Gasteiger partial charge in [0.1, 0.15) is 5.76 Å². The Hall–Kier alpha value is -3.63. The molecule has 3 heterocycles. The van der Waals surface area contributed by atoms with Crippen molar-refractivity contribution in [1.82, 2.24) is 9.97 Å². The molecule has 10 nitrogen and oxygen atoms in total. The smallest absolute Gasteiger partial charge is 0.291 e. The molecule has 3 aromatic rings. The number of rotatable bonds is 13. The number of furan rings is 1. The first-order valence-electron chi connectivity index (χ1n) is 14.5. The number of fused-ring (bicyclic) bond motifs is 1. The predicted molar refractivity (Wildman–Crippen MR) is 162 cm³/mol. The van der Waals surface area contributed by atoms with Crippen LogP contribution in [0.25, 0.3) is 0 Å². The van der Waals surface area contributed by atoms with Crippen LogP contribution in [0.1, 0.15) is 91.9 Å². The summed E-state index contributed by atoms with van der Waals surface area (Å²) >= 11 is 0. The summed E-state index contributed by atoms with van der Waals surface area (Å²) in [5.74, 6) is 1.16. The molecule has 0 unspecified atom stereocenters. The molecule has 1 aliphatic rings. The van der Waals surface area contributed by atoms with Crippen molar-refractivity contribution in [2.24, 2.45) is 0 Å². The summed E-state index contributed by atoms with van der Waals surface area (Å²) in [6.45, 7) is 11.4. The number of aliphatic hydroxyl groups is 1. The third kappa shape index (κ3) is 6.71. The van der Waals surface area contributed by atoms with Gasteiger partial charge in [0.05, 0.1) is 25.4 Å². The van der Waals surface area contributed by atoms with Gasteiger partial charge >= 0.3 is 0 Å². The molecule has 0 spiro atoms. The van der Waals surface area contributed by atoms with E-state index in [1.807, 2.05) is 18.0 Å². The zero-order valence-corrected chi connectivity index (χ0v) is 26.1. The van der Waals surface area contributed by atoms with Gasteiger partial charge in [-0.2, -0.15) is 9.97 Å². The van der Waals surface area contributed by atoms with Gasteiger partial charge in [-0.3, -0.25) is 4.79 Å². The van der Waals surface area contributed by atoms with Gasteiger partial charge in [-0.1, -0.05) is 25.0 Å². The molecule has 0 atom stereocenters. The minimum absolute atomic E-state index is 0.154. The normalized spacial score (nSPS) is 14.9. The number of nitrogens with zero attached hydrogens (tertiary/aromatic N) is 3. The lowest BCUT2D eigenvalue weighted by Crippen LogP contribution is -2.22. The van der Waals surface area contributed by atoms with Crippen LogP contribution in [0.15, 0.2) is 28.7 Å². The molecule has 2 N–H and O–H groups in total. The van der Waals surface area contributed by atoms with Crippen LogP contribution in [0.5, 0.6) is 11.8 Å². The molecular formula is C32H44N4O6. The average Bonchev–Trinajstić information content (AvgIpc) is 3.48. The Kier molecular flexibility index (Phi) is 9.47. The van der Waals surface area contributed by atoms with Gasteiger partial charge in [-0.25, -0.2) is 0 Å². The van der Waals surface area contributed by atoms with E-state index in [0.29, 0.717) is 18.1 Å². The zero-order chi connectivity index (χ0) is 30.7. The van der Waals surface area contributed by atoms with E-state index in [1.54, 1.807) is 6.07 Å². The molecule has 0 saturated heterocycles. The molecule has 0 aliphatic carbocycles. The molecule has 4 rings (SSSR count). The molecule has 0 radical (unpaired) electrons. The molecule has 0 bridgehead atoms. The maximum atomic E-state index is 13.2. The lowest BCUT2D eigenvalue weighted by atomic mass is 9.86. The van der Waals surface area contributed by atoms with Gasteiger partial charge in [0.25, 0.3) is 5.91 Å². The molecule has 10 heteroatoms. The number of unbranched alkanes of at least 4 members (excludes halogenated alkanes) is 3. The van der Waals surface area contributed by atoms with E-state index in [9.17, 15) is 4.79 Å². The van der Waals surface area contributed by atoms with Crippen LogP contribution < -0.4 is 19.7 Å². The SMILES string of the molecule is COc1nc(N(C)CCCCCCO)nc(OC)c1NC(=O)c1ccc(Cc2cc3c(cc2C)C(C)(C)OC3(C)C)o1. The Bertz CT molecular complexity index is 1390. The highest BCUT2D eigenvalue weighted by Crippen LogP contribution is 2.47. The van der Waals surface area contributed by atoms with Crippen molar-refractivity contribution in [3.8, 4) is 11.8 Å². The first-order chi connectivity index (χ1) is 19.9. The van der Waals surface area contributed by atoms with Crippen molar-refractivity contribution in [3.63, 3.8) is 0 Å². The Morgan fingerprint density at radius 3 is 2.21 bits per heavy atom. The number of ether oxygens (including phenoxy) is 3. The number of aliphatic hydroxyl groups excluding tert-OH is 1. The first kappa shape index (κ1) is 31.3. The second-order valence-electron chi connectivity index (χ2n) is 11.8. The Labute approximate surface area is 248 Å². The summed E-state index contributed by atoms with van der Waals surface area (Å²) in [6.07, 6.45) is 4.23. The summed E-state index contributed by atoms with van der Waals surface area (Å²) < 4.78 is 23.3. The van der Waals surface area contributed by atoms with Crippen LogP contribution in [0.4, 0.5) is 11.6 Å². The highest BCUT2D eigenvalue weighted by atomic mass is 16.5. The fraction of sp³-hybridized carbons (Fsp3) is 0.531. The molecule has 1 amide bonds. The van der Waals surface area contributed by atoms with E-state index in [2.05, 4.69) is 62.0 Å². The fourth-order valence-corrected chi connectivity index (χ4v) is 5.54. The van der Waals surface area contributed by atoms with Crippen molar-refractivity contribution in [2.75, 3.05) is 44.6 Å². The summed E-state index contributed by atoms with van der Waals surface area (Å²) in [5, 5.41) is 11.8. The number of benzene rings is 1. The van der Waals surface area contributed by atoms with E-state index >= 15 is 0 Å². The average molecular weight is 581 g/mol. The molecule has 0 fully saturated rings. The van der Waals surface area contributed by atoms with Gasteiger partial charge < -0.3 is 34.0 Å².